The Morgan fingerprint density at radius 3 is 1.33 bits per heavy atom. The highest BCUT2D eigenvalue weighted by atomic mass is 15.1. The van der Waals surface area contributed by atoms with Crippen molar-refractivity contribution in [1.82, 2.24) is 0 Å². The standard InChI is InChI=1S/C50H38N2/c1-4-12-42(13-5-1)49-18-10-11-19-50(49)51-45-32-26-38(27-33-45)20-22-40-24-30-44-37-41(25-31-43(44)36-40)23-21-39-28-34-48(35-29-39)52(46-14-6-2-7-15-46)47-16-8-3-9-17-47/h1-37,51H/b22-20+,23-21+. The molecule has 2 nitrogen and oxygen atoms in total. The smallest absolute Gasteiger partial charge is 0.0463 e. The van der Waals surface area contributed by atoms with Crippen molar-refractivity contribution in [3.63, 3.8) is 0 Å². The first kappa shape index (κ1) is 32.3. The van der Waals surface area contributed by atoms with Crippen LogP contribution in [0.15, 0.2) is 200 Å². The van der Waals surface area contributed by atoms with E-state index >= 15 is 0 Å². The van der Waals surface area contributed by atoms with Crippen LogP contribution >= 0.6 is 0 Å². The van der Waals surface area contributed by atoms with E-state index in [2.05, 4.69) is 229 Å². The topological polar surface area (TPSA) is 15.3 Å². The third-order valence-electron chi connectivity index (χ3n) is 9.21. The third kappa shape index (κ3) is 7.62. The van der Waals surface area contributed by atoms with E-state index in [0.717, 1.165) is 39.6 Å². The van der Waals surface area contributed by atoms with Crippen molar-refractivity contribution >= 4 is 63.5 Å². The molecule has 52 heavy (non-hydrogen) atoms. The maximum absolute atomic E-state index is 3.60. The number of rotatable bonds is 10. The summed E-state index contributed by atoms with van der Waals surface area (Å²) in [5.41, 5.74) is 12.6. The lowest BCUT2D eigenvalue weighted by molar-refractivity contribution is 1.28. The molecule has 0 unspecified atom stereocenters. The van der Waals surface area contributed by atoms with Gasteiger partial charge < -0.3 is 10.2 Å². The fraction of sp³-hybridized carbons (Fsp3) is 0. The van der Waals surface area contributed by atoms with Gasteiger partial charge in [-0.05, 0) is 105 Å². The molecule has 0 aromatic heterocycles. The van der Waals surface area contributed by atoms with E-state index in [1.54, 1.807) is 0 Å². The molecular weight excluding hydrogens is 629 g/mol. The zero-order chi connectivity index (χ0) is 35.0. The van der Waals surface area contributed by atoms with E-state index in [0.29, 0.717) is 0 Å². The van der Waals surface area contributed by atoms with Crippen LogP contribution in [0.3, 0.4) is 0 Å². The Morgan fingerprint density at radius 1 is 0.346 bits per heavy atom. The summed E-state index contributed by atoms with van der Waals surface area (Å²) in [6, 6.07) is 70.5. The summed E-state index contributed by atoms with van der Waals surface area (Å²) in [6.45, 7) is 0. The minimum atomic E-state index is 1.06. The first-order valence-corrected chi connectivity index (χ1v) is 17.7. The van der Waals surface area contributed by atoms with E-state index < -0.39 is 0 Å². The van der Waals surface area contributed by atoms with Gasteiger partial charge in [0, 0.05) is 34.0 Å². The number of hydrogen-bond donors (Lipinski definition) is 1. The minimum absolute atomic E-state index is 1.06. The second-order valence-electron chi connectivity index (χ2n) is 12.8. The number of nitrogens with one attached hydrogen (secondary N) is 1. The highest BCUT2D eigenvalue weighted by molar-refractivity contribution is 5.89. The summed E-state index contributed by atoms with van der Waals surface area (Å²) in [4.78, 5) is 2.28. The molecule has 0 aliphatic rings. The molecule has 8 aromatic carbocycles. The Balaban J connectivity index is 0.924. The van der Waals surface area contributed by atoms with Gasteiger partial charge in [0.1, 0.15) is 0 Å². The van der Waals surface area contributed by atoms with Crippen molar-refractivity contribution in [3.05, 3.63) is 222 Å². The number of benzene rings is 8. The molecule has 1 N–H and O–H groups in total. The monoisotopic (exact) mass is 666 g/mol. The van der Waals surface area contributed by atoms with E-state index in [4.69, 9.17) is 0 Å². The van der Waals surface area contributed by atoms with Gasteiger partial charge in [-0.15, -0.1) is 0 Å². The molecule has 0 fully saturated rings. The van der Waals surface area contributed by atoms with Gasteiger partial charge in [0.25, 0.3) is 0 Å². The van der Waals surface area contributed by atoms with E-state index in [-0.39, 0.29) is 0 Å². The van der Waals surface area contributed by atoms with Gasteiger partial charge >= 0.3 is 0 Å². The first-order valence-electron chi connectivity index (χ1n) is 17.7. The van der Waals surface area contributed by atoms with Gasteiger partial charge in [0.15, 0.2) is 0 Å². The number of anilines is 5. The molecule has 0 atom stereocenters. The summed E-state index contributed by atoms with van der Waals surface area (Å²) < 4.78 is 0. The van der Waals surface area contributed by atoms with Crippen molar-refractivity contribution in [3.8, 4) is 11.1 Å². The summed E-state index contributed by atoms with van der Waals surface area (Å²) in [7, 11) is 0. The SMILES string of the molecule is C(=C\c1ccc2cc(/C=C/c3ccc(N(c4ccccc4)c4ccccc4)cc3)ccc2c1)/c1ccc(Nc2ccccc2-c2ccccc2)cc1. The number of para-hydroxylation sites is 3. The van der Waals surface area contributed by atoms with Crippen LogP contribution in [0.4, 0.5) is 28.4 Å². The fourth-order valence-electron chi connectivity index (χ4n) is 6.51. The van der Waals surface area contributed by atoms with Crippen LogP contribution in [0.1, 0.15) is 22.3 Å². The van der Waals surface area contributed by atoms with Crippen molar-refractivity contribution in [2.75, 3.05) is 10.2 Å². The Hall–Kier alpha value is -6.90. The highest BCUT2D eigenvalue weighted by Crippen LogP contribution is 2.34. The maximum atomic E-state index is 3.60. The lowest BCUT2D eigenvalue weighted by atomic mass is 10.0. The Kier molecular flexibility index (Phi) is 9.53. The van der Waals surface area contributed by atoms with Gasteiger partial charge in [-0.3, -0.25) is 0 Å². The summed E-state index contributed by atoms with van der Waals surface area (Å²) in [5.74, 6) is 0. The molecule has 2 heteroatoms. The van der Waals surface area contributed by atoms with E-state index in [1.165, 1.54) is 33.0 Å². The quantitative estimate of drug-likeness (QED) is 0.146. The van der Waals surface area contributed by atoms with Crippen LogP contribution in [-0.2, 0) is 0 Å². The molecule has 0 saturated carbocycles. The molecule has 248 valence electrons. The van der Waals surface area contributed by atoms with Gasteiger partial charge in [-0.25, -0.2) is 0 Å². The number of nitrogens with zero attached hydrogens (tertiary/aromatic N) is 1. The Morgan fingerprint density at radius 2 is 0.769 bits per heavy atom. The van der Waals surface area contributed by atoms with Gasteiger partial charge in [-0.2, -0.15) is 0 Å². The van der Waals surface area contributed by atoms with Crippen LogP contribution in [0.5, 0.6) is 0 Å². The normalized spacial score (nSPS) is 11.3. The van der Waals surface area contributed by atoms with Crippen molar-refractivity contribution in [2.45, 2.75) is 0 Å². The maximum Gasteiger partial charge on any atom is 0.0463 e. The summed E-state index contributed by atoms with van der Waals surface area (Å²) in [5, 5.41) is 6.05. The molecule has 0 saturated heterocycles. The molecule has 0 heterocycles. The van der Waals surface area contributed by atoms with E-state index in [9.17, 15) is 0 Å². The largest absolute Gasteiger partial charge is 0.355 e. The predicted molar refractivity (Wildman–Crippen MR) is 225 cm³/mol. The van der Waals surface area contributed by atoms with E-state index in [1.807, 2.05) is 6.07 Å². The van der Waals surface area contributed by atoms with Crippen LogP contribution in [-0.4, -0.2) is 0 Å². The first-order chi connectivity index (χ1) is 25.7. The fourth-order valence-corrected chi connectivity index (χ4v) is 6.51. The molecule has 0 aliphatic carbocycles. The van der Waals surface area contributed by atoms with Crippen molar-refractivity contribution in [2.24, 2.45) is 0 Å². The van der Waals surface area contributed by atoms with Crippen LogP contribution in [0.2, 0.25) is 0 Å². The molecule has 0 radical (unpaired) electrons. The van der Waals surface area contributed by atoms with Gasteiger partial charge in [0.2, 0.25) is 0 Å². The third-order valence-corrected chi connectivity index (χ3v) is 9.21. The molecule has 8 aromatic rings. The Bertz CT molecular complexity index is 2410. The van der Waals surface area contributed by atoms with Gasteiger partial charge in [-0.1, -0.05) is 158 Å². The average molecular weight is 667 g/mol. The van der Waals surface area contributed by atoms with Gasteiger partial charge in [0.05, 0.1) is 0 Å². The Labute approximate surface area is 306 Å². The van der Waals surface area contributed by atoms with Crippen LogP contribution in [0.25, 0.3) is 46.2 Å². The zero-order valence-corrected chi connectivity index (χ0v) is 28.8. The number of hydrogen-bond acceptors (Lipinski definition) is 2. The zero-order valence-electron chi connectivity index (χ0n) is 28.8. The van der Waals surface area contributed by atoms with Crippen molar-refractivity contribution in [1.29, 1.82) is 0 Å². The molecule has 0 amide bonds. The van der Waals surface area contributed by atoms with Crippen LogP contribution in [0, 0.1) is 0 Å². The molecule has 0 aliphatic heterocycles. The average Bonchev–Trinajstić information content (AvgIpc) is 3.21. The lowest BCUT2D eigenvalue weighted by Crippen LogP contribution is -2.09. The molecular formula is C50H38N2. The van der Waals surface area contributed by atoms with Crippen LogP contribution < -0.4 is 10.2 Å². The van der Waals surface area contributed by atoms with Crippen molar-refractivity contribution < 1.29 is 0 Å². The summed E-state index contributed by atoms with van der Waals surface area (Å²) in [6.07, 6.45) is 8.72. The minimum Gasteiger partial charge on any atom is -0.355 e. The predicted octanol–water partition coefficient (Wildman–Crippen LogP) is 14.1. The lowest BCUT2D eigenvalue weighted by Gasteiger charge is -2.25. The highest BCUT2D eigenvalue weighted by Gasteiger charge is 2.11. The second-order valence-corrected chi connectivity index (χ2v) is 12.8. The summed E-state index contributed by atoms with van der Waals surface area (Å²) >= 11 is 0. The molecule has 0 spiro atoms. The number of fused-ring (bicyclic) bond motifs is 1. The molecule has 0 bridgehead atoms. The molecule has 8 rings (SSSR count). The second kappa shape index (κ2) is 15.3.